The van der Waals surface area contributed by atoms with Crippen molar-refractivity contribution in [2.45, 2.75) is 4.21 Å². The second-order valence-electron chi connectivity index (χ2n) is 2.50. The molecule has 0 aliphatic rings. The molecule has 0 bridgehead atoms. The van der Waals surface area contributed by atoms with Gasteiger partial charge in [-0.05, 0) is 11.4 Å². The predicted molar refractivity (Wildman–Crippen MR) is 58.3 cm³/mol. The topological polar surface area (TPSA) is 81.4 Å². The summed E-state index contributed by atoms with van der Waals surface area (Å²) in [6.07, 6.45) is 0. The van der Waals surface area contributed by atoms with Gasteiger partial charge in [0.25, 0.3) is 5.91 Å². The number of hydrogen-bond acceptors (Lipinski definition) is 5. The molecule has 2 amide bonds. The summed E-state index contributed by atoms with van der Waals surface area (Å²) < 4.78 is 1.06. The molecule has 0 aromatic carbocycles. The number of nitrogens with two attached hydrogens (primary N) is 1. The van der Waals surface area contributed by atoms with Crippen LogP contribution in [-0.4, -0.2) is 24.2 Å². The number of carbonyl (C=O) groups excluding carboxylic acids is 2. The van der Waals surface area contributed by atoms with Gasteiger partial charge in [0.05, 0.1) is 9.96 Å². The highest BCUT2D eigenvalue weighted by Crippen LogP contribution is 2.22. The summed E-state index contributed by atoms with van der Waals surface area (Å²) in [4.78, 5) is 25.9. The van der Waals surface area contributed by atoms with Gasteiger partial charge in [0.2, 0.25) is 5.91 Å². The normalized spacial score (nSPS) is 9.87. The average Bonchev–Trinajstić information content (AvgIpc) is 2.66. The summed E-state index contributed by atoms with van der Waals surface area (Å²) in [6, 6.07) is 3.83. The molecule has 0 saturated heterocycles. The fourth-order valence-electron chi connectivity index (χ4n) is 0.699. The van der Waals surface area contributed by atoms with E-state index in [0.29, 0.717) is 0 Å². The second-order valence-corrected chi connectivity index (χ2v) is 4.72. The Morgan fingerprint density at radius 2 is 2.40 bits per heavy atom. The Hall–Kier alpha value is -1.05. The molecular weight excluding hydrogens is 236 g/mol. The Morgan fingerprint density at radius 1 is 1.60 bits per heavy atom. The number of nitrogens with one attached hydrogen (secondary N) is 1. The Bertz CT molecular complexity index is 327. The minimum Gasteiger partial charge on any atom is -0.368 e. The lowest BCUT2D eigenvalue weighted by Crippen LogP contribution is -2.30. The third-order valence-electron chi connectivity index (χ3n) is 1.24. The maximum atomic E-state index is 11.1. The van der Waals surface area contributed by atoms with E-state index in [4.69, 9.17) is 5.73 Å². The molecule has 0 atom stereocenters. The first-order chi connectivity index (χ1) is 7.18. The fraction of sp³-hybridized carbons (Fsp3) is 0.250. The Balaban J connectivity index is 2.11. The molecule has 0 aliphatic carbocycles. The molecule has 1 aromatic heterocycles. The molecular formula is C8H10N2O3S2. The average molecular weight is 246 g/mol. The number of thioether (sulfide) groups is 1. The van der Waals surface area contributed by atoms with Gasteiger partial charge in [-0.3, -0.25) is 14.4 Å². The Morgan fingerprint density at radius 3 is 3.00 bits per heavy atom. The molecule has 5 nitrogen and oxygen atoms in total. The van der Waals surface area contributed by atoms with E-state index in [9.17, 15) is 9.59 Å². The highest BCUT2D eigenvalue weighted by molar-refractivity contribution is 8.01. The smallest absolute Gasteiger partial charge is 0.253 e. The maximum Gasteiger partial charge on any atom is 0.253 e. The van der Waals surface area contributed by atoms with Crippen LogP contribution in [0.15, 0.2) is 21.7 Å². The predicted octanol–water partition coefficient (Wildman–Crippen LogP) is 0.373. The number of primary amides is 1. The van der Waals surface area contributed by atoms with Crippen LogP contribution in [0.2, 0.25) is 0 Å². The lowest BCUT2D eigenvalue weighted by atomic mass is 10.7. The molecule has 0 fully saturated rings. The van der Waals surface area contributed by atoms with Gasteiger partial charge in [-0.25, -0.2) is 5.48 Å². The van der Waals surface area contributed by atoms with Gasteiger partial charge >= 0.3 is 0 Å². The van der Waals surface area contributed by atoms with Crippen molar-refractivity contribution >= 4 is 34.9 Å². The summed E-state index contributed by atoms with van der Waals surface area (Å²) in [7, 11) is 0. The molecule has 0 radical (unpaired) electrons. The molecule has 82 valence electrons. The SMILES string of the molecule is NC(=O)CONC(=O)CSc1cccs1. The van der Waals surface area contributed by atoms with Crippen molar-refractivity contribution in [1.82, 2.24) is 5.48 Å². The molecule has 7 heteroatoms. The molecule has 0 saturated carbocycles. The molecule has 0 aliphatic heterocycles. The number of rotatable bonds is 6. The number of hydroxylamine groups is 1. The largest absolute Gasteiger partial charge is 0.368 e. The number of hydrogen-bond donors (Lipinski definition) is 2. The van der Waals surface area contributed by atoms with Crippen LogP contribution in [0.4, 0.5) is 0 Å². The van der Waals surface area contributed by atoms with Gasteiger partial charge in [-0.2, -0.15) is 0 Å². The van der Waals surface area contributed by atoms with E-state index in [-0.39, 0.29) is 18.3 Å². The summed E-state index contributed by atoms with van der Waals surface area (Å²) in [5.41, 5.74) is 6.93. The van der Waals surface area contributed by atoms with Crippen molar-refractivity contribution in [2.75, 3.05) is 12.4 Å². The Labute approximate surface area is 94.9 Å². The van der Waals surface area contributed by atoms with Crippen LogP contribution in [0.25, 0.3) is 0 Å². The van der Waals surface area contributed by atoms with Crippen molar-refractivity contribution in [1.29, 1.82) is 0 Å². The number of carbonyl (C=O) groups is 2. The lowest BCUT2D eigenvalue weighted by molar-refractivity contribution is -0.135. The zero-order chi connectivity index (χ0) is 11.1. The van der Waals surface area contributed by atoms with Crippen LogP contribution < -0.4 is 11.2 Å². The maximum absolute atomic E-state index is 11.1. The van der Waals surface area contributed by atoms with Crippen LogP contribution in [0.5, 0.6) is 0 Å². The van der Waals surface area contributed by atoms with Crippen molar-refractivity contribution in [3.05, 3.63) is 17.5 Å². The standard InChI is InChI=1S/C8H10N2O3S2/c9-6(11)4-13-10-7(12)5-15-8-2-1-3-14-8/h1-3H,4-5H2,(H2,9,11)(H,10,12). The molecule has 1 heterocycles. The van der Waals surface area contributed by atoms with Crippen LogP contribution in [0.1, 0.15) is 0 Å². The lowest BCUT2D eigenvalue weighted by Gasteiger charge is -2.02. The first kappa shape index (κ1) is 12.0. The zero-order valence-corrected chi connectivity index (χ0v) is 9.40. The van der Waals surface area contributed by atoms with Crippen LogP contribution in [0, 0.1) is 0 Å². The van der Waals surface area contributed by atoms with Crippen molar-refractivity contribution in [3.63, 3.8) is 0 Å². The third kappa shape index (κ3) is 5.40. The molecule has 0 unspecified atom stereocenters. The minimum absolute atomic E-state index is 0.249. The van der Waals surface area contributed by atoms with E-state index in [1.54, 1.807) is 11.3 Å². The highest BCUT2D eigenvalue weighted by atomic mass is 32.2. The van der Waals surface area contributed by atoms with E-state index < -0.39 is 5.91 Å². The van der Waals surface area contributed by atoms with E-state index in [1.807, 2.05) is 17.5 Å². The van der Waals surface area contributed by atoms with E-state index in [1.165, 1.54) is 11.8 Å². The van der Waals surface area contributed by atoms with Crippen molar-refractivity contribution in [3.8, 4) is 0 Å². The van der Waals surface area contributed by atoms with Gasteiger partial charge in [0.15, 0.2) is 6.61 Å². The van der Waals surface area contributed by atoms with Crippen LogP contribution in [0.3, 0.4) is 0 Å². The molecule has 15 heavy (non-hydrogen) atoms. The molecule has 0 spiro atoms. The monoisotopic (exact) mass is 246 g/mol. The van der Waals surface area contributed by atoms with Crippen molar-refractivity contribution in [2.24, 2.45) is 5.73 Å². The number of amides is 2. The first-order valence-electron chi connectivity index (χ1n) is 4.03. The summed E-state index contributed by atoms with van der Waals surface area (Å²) in [5, 5.41) is 1.93. The summed E-state index contributed by atoms with van der Waals surface area (Å²) in [6.45, 7) is -0.310. The zero-order valence-electron chi connectivity index (χ0n) is 7.76. The van der Waals surface area contributed by atoms with Gasteiger partial charge in [0, 0.05) is 0 Å². The van der Waals surface area contributed by atoms with Gasteiger partial charge in [-0.1, -0.05) is 6.07 Å². The number of thiophene rings is 1. The van der Waals surface area contributed by atoms with Gasteiger partial charge < -0.3 is 5.73 Å². The first-order valence-corrected chi connectivity index (χ1v) is 5.90. The van der Waals surface area contributed by atoms with Crippen LogP contribution >= 0.6 is 23.1 Å². The third-order valence-corrected chi connectivity index (χ3v) is 3.37. The van der Waals surface area contributed by atoms with E-state index in [0.717, 1.165) is 4.21 Å². The van der Waals surface area contributed by atoms with E-state index >= 15 is 0 Å². The fourth-order valence-corrected chi connectivity index (χ4v) is 2.27. The second kappa shape index (κ2) is 6.44. The molecule has 1 rings (SSSR count). The summed E-state index contributed by atoms with van der Waals surface area (Å²) >= 11 is 2.97. The quantitative estimate of drug-likeness (QED) is 0.561. The molecule has 3 N–H and O–H groups in total. The minimum atomic E-state index is -0.624. The summed E-state index contributed by atoms with van der Waals surface area (Å²) in [5.74, 6) is -0.671. The van der Waals surface area contributed by atoms with E-state index in [2.05, 4.69) is 10.3 Å². The Kier molecular flexibility index (Phi) is 5.16. The van der Waals surface area contributed by atoms with Gasteiger partial charge in [-0.15, -0.1) is 23.1 Å². The molecule has 1 aromatic rings. The van der Waals surface area contributed by atoms with Crippen LogP contribution in [-0.2, 0) is 14.4 Å². The van der Waals surface area contributed by atoms with Gasteiger partial charge in [0.1, 0.15) is 0 Å². The highest BCUT2D eigenvalue weighted by Gasteiger charge is 2.03. The van der Waals surface area contributed by atoms with Crippen molar-refractivity contribution < 1.29 is 14.4 Å².